The molecule has 1 aromatic carbocycles. The van der Waals surface area contributed by atoms with Gasteiger partial charge in [-0.1, -0.05) is 30.3 Å². The van der Waals surface area contributed by atoms with Crippen molar-refractivity contribution < 1.29 is 4.74 Å². The van der Waals surface area contributed by atoms with Gasteiger partial charge in [0.15, 0.2) is 0 Å². The first-order valence-electron chi connectivity index (χ1n) is 5.56. The lowest BCUT2D eigenvalue weighted by Crippen LogP contribution is -2.17. The maximum absolute atomic E-state index is 5.20. The Hall–Kier alpha value is -1.87. The molecule has 0 bridgehead atoms. The van der Waals surface area contributed by atoms with E-state index >= 15 is 0 Å². The third-order valence-electron chi connectivity index (χ3n) is 2.72. The third-order valence-corrected chi connectivity index (χ3v) is 2.72. The van der Waals surface area contributed by atoms with Crippen molar-refractivity contribution in [3.63, 3.8) is 0 Å². The van der Waals surface area contributed by atoms with E-state index in [2.05, 4.69) is 22.4 Å². The fourth-order valence-electron chi connectivity index (χ4n) is 1.88. The molecule has 1 N–H and O–H groups in total. The molecule has 0 aliphatic carbocycles. The lowest BCUT2D eigenvalue weighted by Gasteiger charge is -2.17. The molecule has 3 heteroatoms. The Kier molecular flexibility index (Phi) is 3.73. The van der Waals surface area contributed by atoms with E-state index in [-0.39, 0.29) is 6.04 Å². The van der Waals surface area contributed by atoms with Gasteiger partial charge in [0.1, 0.15) is 5.75 Å². The minimum absolute atomic E-state index is 0.138. The summed E-state index contributed by atoms with van der Waals surface area (Å²) in [6, 6.07) is 12.4. The number of nitrogens with zero attached hydrogens (tertiary/aromatic N) is 1. The molecular formula is C14H16N2O. The lowest BCUT2D eigenvalue weighted by molar-refractivity contribution is 0.411. The number of aromatic nitrogens is 1. The van der Waals surface area contributed by atoms with Crippen molar-refractivity contribution in [3.05, 3.63) is 59.9 Å². The van der Waals surface area contributed by atoms with Gasteiger partial charge in [-0.25, -0.2) is 0 Å². The van der Waals surface area contributed by atoms with Crippen molar-refractivity contribution in [1.29, 1.82) is 0 Å². The number of methoxy groups -OCH3 is 1. The van der Waals surface area contributed by atoms with Gasteiger partial charge in [0.05, 0.1) is 19.3 Å². The predicted octanol–water partition coefficient (Wildman–Crippen LogP) is 2.40. The molecule has 0 amide bonds. The number of ether oxygens (including phenoxy) is 1. The quantitative estimate of drug-likeness (QED) is 0.872. The van der Waals surface area contributed by atoms with Crippen molar-refractivity contribution in [2.24, 2.45) is 0 Å². The predicted molar refractivity (Wildman–Crippen MR) is 68.1 cm³/mol. The fourth-order valence-corrected chi connectivity index (χ4v) is 1.88. The van der Waals surface area contributed by atoms with Crippen LogP contribution in [0.1, 0.15) is 17.2 Å². The number of nitrogens with one attached hydrogen (secondary N) is 1. The van der Waals surface area contributed by atoms with E-state index in [4.69, 9.17) is 4.74 Å². The van der Waals surface area contributed by atoms with Crippen LogP contribution in [0.5, 0.6) is 5.75 Å². The molecule has 0 saturated heterocycles. The first-order valence-corrected chi connectivity index (χ1v) is 5.56. The lowest BCUT2D eigenvalue weighted by atomic mass is 10.0. The van der Waals surface area contributed by atoms with Crippen LogP contribution in [0.25, 0.3) is 0 Å². The van der Waals surface area contributed by atoms with Crippen molar-refractivity contribution in [2.45, 2.75) is 6.04 Å². The zero-order chi connectivity index (χ0) is 12.1. The Labute approximate surface area is 101 Å². The number of benzene rings is 1. The maximum atomic E-state index is 5.20. The highest BCUT2D eigenvalue weighted by Crippen LogP contribution is 2.23. The van der Waals surface area contributed by atoms with Crippen molar-refractivity contribution >= 4 is 0 Å². The number of hydrogen-bond acceptors (Lipinski definition) is 3. The molecule has 17 heavy (non-hydrogen) atoms. The molecule has 1 atom stereocenters. The number of rotatable bonds is 4. The van der Waals surface area contributed by atoms with E-state index in [9.17, 15) is 0 Å². The molecule has 2 aromatic rings. The van der Waals surface area contributed by atoms with Gasteiger partial charge in [-0.3, -0.25) is 4.98 Å². The SMILES string of the molecule is CNC(c1ccccc1)c1cncc(OC)c1. The van der Waals surface area contributed by atoms with E-state index in [1.807, 2.05) is 37.5 Å². The molecule has 88 valence electrons. The average molecular weight is 228 g/mol. The van der Waals surface area contributed by atoms with E-state index < -0.39 is 0 Å². The standard InChI is InChI=1S/C14H16N2O/c1-15-14(11-6-4-3-5-7-11)12-8-13(17-2)10-16-9-12/h3-10,14-15H,1-2H3. The van der Waals surface area contributed by atoms with Crippen LogP contribution in [0.3, 0.4) is 0 Å². The highest BCUT2D eigenvalue weighted by molar-refractivity contribution is 5.33. The maximum Gasteiger partial charge on any atom is 0.137 e. The summed E-state index contributed by atoms with van der Waals surface area (Å²) in [4.78, 5) is 4.18. The van der Waals surface area contributed by atoms with Crippen LogP contribution in [0, 0.1) is 0 Å². The van der Waals surface area contributed by atoms with Gasteiger partial charge < -0.3 is 10.1 Å². The smallest absolute Gasteiger partial charge is 0.137 e. The molecular weight excluding hydrogens is 212 g/mol. The normalized spacial score (nSPS) is 12.1. The molecule has 0 aliphatic heterocycles. The summed E-state index contributed by atoms with van der Waals surface area (Å²) in [5.41, 5.74) is 2.31. The monoisotopic (exact) mass is 228 g/mol. The van der Waals surface area contributed by atoms with Gasteiger partial charge in [-0.2, -0.15) is 0 Å². The molecule has 1 heterocycles. The molecule has 0 radical (unpaired) electrons. The van der Waals surface area contributed by atoms with Crippen LogP contribution < -0.4 is 10.1 Å². The minimum atomic E-state index is 0.138. The van der Waals surface area contributed by atoms with Crippen LogP contribution in [-0.2, 0) is 0 Å². The highest BCUT2D eigenvalue weighted by atomic mass is 16.5. The molecule has 0 saturated carbocycles. The van der Waals surface area contributed by atoms with Crippen LogP contribution >= 0.6 is 0 Å². The van der Waals surface area contributed by atoms with Crippen LogP contribution in [0.2, 0.25) is 0 Å². The molecule has 1 unspecified atom stereocenters. The van der Waals surface area contributed by atoms with E-state index in [0.717, 1.165) is 11.3 Å². The second kappa shape index (κ2) is 5.46. The molecule has 1 aromatic heterocycles. The Balaban J connectivity index is 2.35. The summed E-state index contributed by atoms with van der Waals surface area (Å²) < 4.78 is 5.20. The Bertz CT molecular complexity index is 471. The molecule has 0 fully saturated rings. The zero-order valence-corrected chi connectivity index (χ0v) is 10.1. The van der Waals surface area contributed by atoms with Crippen molar-refractivity contribution in [3.8, 4) is 5.75 Å². The van der Waals surface area contributed by atoms with Gasteiger partial charge >= 0.3 is 0 Å². The third kappa shape index (κ3) is 2.63. The molecule has 3 nitrogen and oxygen atoms in total. The topological polar surface area (TPSA) is 34.2 Å². The number of hydrogen-bond donors (Lipinski definition) is 1. The highest BCUT2D eigenvalue weighted by Gasteiger charge is 2.12. The molecule has 2 rings (SSSR count). The van der Waals surface area contributed by atoms with E-state index in [1.54, 1.807) is 13.3 Å². The average Bonchev–Trinajstić information content (AvgIpc) is 2.41. The van der Waals surface area contributed by atoms with Crippen LogP contribution in [0.4, 0.5) is 0 Å². The summed E-state index contributed by atoms with van der Waals surface area (Å²) in [6.07, 6.45) is 3.57. The zero-order valence-electron chi connectivity index (χ0n) is 10.1. The minimum Gasteiger partial charge on any atom is -0.495 e. The Morgan fingerprint density at radius 2 is 1.88 bits per heavy atom. The first kappa shape index (κ1) is 11.6. The van der Waals surface area contributed by atoms with Crippen molar-refractivity contribution in [2.75, 3.05) is 14.2 Å². The Morgan fingerprint density at radius 1 is 1.12 bits per heavy atom. The van der Waals surface area contributed by atoms with Crippen LogP contribution in [0.15, 0.2) is 48.8 Å². The van der Waals surface area contributed by atoms with Gasteiger partial charge in [0.25, 0.3) is 0 Å². The van der Waals surface area contributed by atoms with Gasteiger partial charge in [-0.15, -0.1) is 0 Å². The largest absolute Gasteiger partial charge is 0.495 e. The molecule has 0 spiro atoms. The molecule has 0 aliphatic rings. The van der Waals surface area contributed by atoms with Crippen LogP contribution in [-0.4, -0.2) is 19.1 Å². The van der Waals surface area contributed by atoms with E-state index in [1.165, 1.54) is 5.56 Å². The van der Waals surface area contributed by atoms with E-state index in [0.29, 0.717) is 0 Å². The Morgan fingerprint density at radius 3 is 2.53 bits per heavy atom. The fraction of sp³-hybridized carbons (Fsp3) is 0.214. The number of pyridine rings is 1. The van der Waals surface area contributed by atoms with Gasteiger partial charge in [-0.05, 0) is 24.2 Å². The second-order valence-corrected chi connectivity index (χ2v) is 3.79. The summed E-state index contributed by atoms with van der Waals surface area (Å²) in [7, 11) is 3.59. The first-order chi connectivity index (χ1) is 8.35. The summed E-state index contributed by atoms with van der Waals surface area (Å²) in [5, 5.41) is 3.29. The summed E-state index contributed by atoms with van der Waals surface area (Å²) in [5.74, 6) is 0.777. The van der Waals surface area contributed by atoms with Crippen molar-refractivity contribution in [1.82, 2.24) is 10.3 Å². The summed E-state index contributed by atoms with van der Waals surface area (Å²) >= 11 is 0. The van der Waals surface area contributed by atoms with Gasteiger partial charge in [0, 0.05) is 6.20 Å². The van der Waals surface area contributed by atoms with Gasteiger partial charge in [0.2, 0.25) is 0 Å². The summed E-state index contributed by atoms with van der Waals surface area (Å²) in [6.45, 7) is 0. The second-order valence-electron chi connectivity index (χ2n) is 3.79.